The molecule has 0 heterocycles. The van der Waals surface area contributed by atoms with Crippen molar-refractivity contribution >= 4 is 17.8 Å². The molecule has 0 bridgehead atoms. The minimum Gasteiger partial charge on any atom is -0.480 e. The van der Waals surface area contributed by atoms with Gasteiger partial charge in [-0.15, -0.1) is 0 Å². The predicted molar refractivity (Wildman–Crippen MR) is 56.6 cm³/mol. The normalized spacial score (nSPS) is 9.56. The lowest BCUT2D eigenvalue weighted by Crippen LogP contribution is -2.38. The molecular weight excluding hydrogens is 214 g/mol. The van der Waals surface area contributed by atoms with E-state index in [2.05, 4.69) is 10.6 Å². The van der Waals surface area contributed by atoms with Gasteiger partial charge in [0.15, 0.2) is 0 Å². The van der Waals surface area contributed by atoms with E-state index < -0.39 is 18.4 Å². The Morgan fingerprint density at radius 3 is 2.19 bits per heavy atom. The lowest BCUT2D eigenvalue weighted by Gasteiger charge is -2.04. The zero-order chi connectivity index (χ0) is 12.4. The molecule has 0 aliphatic carbocycles. The van der Waals surface area contributed by atoms with Crippen LogP contribution in [0.25, 0.3) is 0 Å². The van der Waals surface area contributed by atoms with Gasteiger partial charge >= 0.3 is 5.97 Å². The zero-order valence-electron chi connectivity index (χ0n) is 8.99. The average Bonchev–Trinajstić information content (AvgIpc) is 2.24. The zero-order valence-corrected chi connectivity index (χ0v) is 8.99. The lowest BCUT2D eigenvalue weighted by atomic mass is 10.2. The lowest BCUT2D eigenvalue weighted by molar-refractivity contribution is -0.137. The van der Waals surface area contributed by atoms with E-state index in [4.69, 9.17) is 10.8 Å². The Morgan fingerprint density at radius 2 is 1.62 bits per heavy atom. The molecule has 0 atom stereocenters. The van der Waals surface area contributed by atoms with Gasteiger partial charge in [-0.05, 0) is 19.4 Å². The summed E-state index contributed by atoms with van der Waals surface area (Å²) in [6.45, 7) is -0.108. The first-order valence-electron chi connectivity index (χ1n) is 5.01. The van der Waals surface area contributed by atoms with Crippen LogP contribution in [-0.4, -0.2) is 42.5 Å². The van der Waals surface area contributed by atoms with E-state index in [1.807, 2.05) is 0 Å². The molecule has 5 N–H and O–H groups in total. The van der Waals surface area contributed by atoms with E-state index in [1.54, 1.807) is 0 Å². The minimum atomic E-state index is -1.12. The molecule has 0 saturated carbocycles. The van der Waals surface area contributed by atoms with Crippen molar-refractivity contribution in [2.24, 2.45) is 5.73 Å². The van der Waals surface area contributed by atoms with Crippen LogP contribution in [0.5, 0.6) is 0 Å². The SMILES string of the molecule is NCCCCC(=O)NCC(=O)NCC(=O)O. The first-order chi connectivity index (χ1) is 7.56. The number of hydrogen-bond donors (Lipinski definition) is 4. The molecule has 0 saturated heterocycles. The van der Waals surface area contributed by atoms with Crippen LogP contribution in [-0.2, 0) is 14.4 Å². The Bertz CT molecular complexity index is 255. The second kappa shape index (κ2) is 8.66. The number of aliphatic carboxylic acids is 1. The number of carboxylic acids is 1. The Hall–Kier alpha value is -1.63. The van der Waals surface area contributed by atoms with Crippen LogP contribution in [0.3, 0.4) is 0 Å². The fourth-order valence-corrected chi connectivity index (χ4v) is 0.934. The van der Waals surface area contributed by atoms with Gasteiger partial charge in [-0.25, -0.2) is 0 Å². The molecular formula is C9H17N3O4. The topological polar surface area (TPSA) is 122 Å². The smallest absolute Gasteiger partial charge is 0.322 e. The summed E-state index contributed by atoms with van der Waals surface area (Å²) in [5, 5.41) is 12.8. The highest BCUT2D eigenvalue weighted by Crippen LogP contribution is 1.92. The second-order valence-corrected chi connectivity index (χ2v) is 3.19. The van der Waals surface area contributed by atoms with Gasteiger partial charge in [0.25, 0.3) is 0 Å². The average molecular weight is 231 g/mol. The summed E-state index contributed by atoms with van der Waals surface area (Å²) in [5.41, 5.74) is 5.25. The Morgan fingerprint density at radius 1 is 1.00 bits per heavy atom. The molecule has 0 aromatic rings. The minimum absolute atomic E-state index is 0.200. The van der Waals surface area contributed by atoms with Crippen LogP contribution in [0.1, 0.15) is 19.3 Å². The number of nitrogens with two attached hydrogens (primary N) is 1. The molecule has 0 radical (unpaired) electrons. The summed E-state index contributed by atoms with van der Waals surface area (Å²) in [4.78, 5) is 32.2. The van der Waals surface area contributed by atoms with Crippen molar-refractivity contribution in [2.75, 3.05) is 19.6 Å². The number of carboxylic acid groups (broad SMARTS) is 1. The molecule has 0 aliphatic rings. The molecule has 0 aliphatic heterocycles. The molecule has 0 aromatic carbocycles. The standard InChI is InChI=1S/C9H17N3O4/c10-4-2-1-3-7(13)11-5-8(14)12-6-9(15)16/h1-6,10H2,(H,11,13)(H,12,14)(H,15,16). The Kier molecular flexibility index (Phi) is 7.78. The first kappa shape index (κ1) is 14.4. The van der Waals surface area contributed by atoms with Crippen molar-refractivity contribution in [3.05, 3.63) is 0 Å². The Balaban J connectivity index is 3.51. The highest BCUT2D eigenvalue weighted by molar-refractivity contribution is 5.86. The molecule has 92 valence electrons. The number of amides is 2. The highest BCUT2D eigenvalue weighted by atomic mass is 16.4. The van der Waals surface area contributed by atoms with Gasteiger partial charge in [-0.3, -0.25) is 14.4 Å². The number of carbonyl (C=O) groups excluding carboxylic acids is 2. The van der Waals surface area contributed by atoms with E-state index in [9.17, 15) is 14.4 Å². The summed E-state index contributed by atoms with van der Waals surface area (Å²) >= 11 is 0. The van der Waals surface area contributed by atoms with Crippen LogP contribution in [0.4, 0.5) is 0 Å². The first-order valence-corrected chi connectivity index (χ1v) is 5.01. The van der Waals surface area contributed by atoms with Crippen LogP contribution >= 0.6 is 0 Å². The van der Waals surface area contributed by atoms with Gasteiger partial charge in [0.1, 0.15) is 6.54 Å². The van der Waals surface area contributed by atoms with Gasteiger partial charge < -0.3 is 21.5 Å². The third-order valence-electron chi connectivity index (χ3n) is 1.74. The summed E-state index contributed by atoms with van der Waals surface area (Å²) in [5.74, 6) is -1.88. The van der Waals surface area contributed by atoms with Crippen molar-refractivity contribution in [1.82, 2.24) is 10.6 Å². The van der Waals surface area contributed by atoms with Gasteiger partial charge in [0, 0.05) is 6.42 Å². The third-order valence-corrected chi connectivity index (χ3v) is 1.74. The fourth-order valence-electron chi connectivity index (χ4n) is 0.934. The molecule has 7 nitrogen and oxygen atoms in total. The maximum atomic E-state index is 11.1. The van der Waals surface area contributed by atoms with E-state index in [1.165, 1.54) is 0 Å². The van der Waals surface area contributed by atoms with E-state index >= 15 is 0 Å². The van der Waals surface area contributed by atoms with Gasteiger partial charge in [0.2, 0.25) is 11.8 Å². The quantitative estimate of drug-likeness (QED) is 0.376. The highest BCUT2D eigenvalue weighted by Gasteiger charge is 2.06. The largest absolute Gasteiger partial charge is 0.480 e. The van der Waals surface area contributed by atoms with Crippen molar-refractivity contribution in [3.8, 4) is 0 Å². The number of nitrogens with one attached hydrogen (secondary N) is 2. The predicted octanol–water partition coefficient (Wildman–Crippen LogP) is -1.57. The third kappa shape index (κ3) is 8.95. The molecule has 0 rings (SSSR count). The van der Waals surface area contributed by atoms with Gasteiger partial charge in [-0.1, -0.05) is 0 Å². The molecule has 0 aromatic heterocycles. The molecule has 0 unspecified atom stereocenters. The number of rotatable bonds is 8. The monoisotopic (exact) mass is 231 g/mol. The molecule has 2 amide bonds. The second-order valence-electron chi connectivity index (χ2n) is 3.19. The maximum Gasteiger partial charge on any atom is 0.322 e. The fraction of sp³-hybridized carbons (Fsp3) is 0.667. The van der Waals surface area contributed by atoms with E-state index in [-0.39, 0.29) is 12.5 Å². The van der Waals surface area contributed by atoms with Gasteiger partial charge in [0.05, 0.1) is 6.54 Å². The maximum absolute atomic E-state index is 11.1. The van der Waals surface area contributed by atoms with Crippen molar-refractivity contribution in [1.29, 1.82) is 0 Å². The van der Waals surface area contributed by atoms with E-state index in [0.717, 1.165) is 6.42 Å². The molecule has 16 heavy (non-hydrogen) atoms. The van der Waals surface area contributed by atoms with Crippen molar-refractivity contribution in [3.63, 3.8) is 0 Å². The van der Waals surface area contributed by atoms with Gasteiger partial charge in [-0.2, -0.15) is 0 Å². The molecule has 7 heteroatoms. The number of hydrogen-bond acceptors (Lipinski definition) is 4. The van der Waals surface area contributed by atoms with Crippen molar-refractivity contribution in [2.45, 2.75) is 19.3 Å². The van der Waals surface area contributed by atoms with E-state index in [0.29, 0.717) is 19.4 Å². The molecule has 0 spiro atoms. The van der Waals surface area contributed by atoms with Crippen LogP contribution < -0.4 is 16.4 Å². The van der Waals surface area contributed by atoms with Crippen molar-refractivity contribution < 1.29 is 19.5 Å². The summed E-state index contributed by atoms with van der Waals surface area (Å²) in [6, 6.07) is 0. The van der Waals surface area contributed by atoms with Crippen LogP contribution in [0.15, 0.2) is 0 Å². The Labute approximate surface area is 93.4 Å². The summed E-state index contributed by atoms with van der Waals surface area (Å²) in [7, 11) is 0. The molecule has 0 fully saturated rings. The number of unbranched alkanes of at least 4 members (excludes halogenated alkanes) is 1. The van der Waals surface area contributed by atoms with Crippen LogP contribution in [0, 0.1) is 0 Å². The summed E-state index contributed by atoms with van der Waals surface area (Å²) in [6.07, 6.45) is 1.76. The number of carbonyl (C=O) groups is 3. The summed E-state index contributed by atoms with van der Waals surface area (Å²) < 4.78 is 0. The van der Waals surface area contributed by atoms with Crippen LogP contribution in [0.2, 0.25) is 0 Å².